The van der Waals surface area contributed by atoms with Crippen molar-refractivity contribution in [2.24, 2.45) is 0 Å². The van der Waals surface area contributed by atoms with Crippen LogP contribution in [0.1, 0.15) is 46.7 Å². The molecule has 7 heteroatoms. The van der Waals surface area contributed by atoms with Crippen LogP contribution in [0.3, 0.4) is 0 Å². The summed E-state index contributed by atoms with van der Waals surface area (Å²) in [6, 6.07) is 3.97. The van der Waals surface area contributed by atoms with Crippen LogP contribution in [0.15, 0.2) is 30.0 Å². The first-order valence-electron chi connectivity index (χ1n) is 7.54. The number of hydrogen-bond acceptors (Lipinski definition) is 5. The maximum Gasteiger partial charge on any atom is 0.266 e. The molecule has 2 aromatic rings. The van der Waals surface area contributed by atoms with Crippen molar-refractivity contribution in [2.75, 3.05) is 6.54 Å². The lowest BCUT2D eigenvalue weighted by molar-refractivity contribution is -0.119. The van der Waals surface area contributed by atoms with Crippen molar-refractivity contribution in [3.8, 4) is 0 Å². The molecule has 6 nitrogen and oxygen atoms in total. The van der Waals surface area contributed by atoms with Crippen LogP contribution in [0, 0.1) is 0 Å². The molecule has 0 saturated carbocycles. The van der Waals surface area contributed by atoms with E-state index >= 15 is 0 Å². The van der Waals surface area contributed by atoms with Crippen molar-refractivity contribution in [2.45, 2.75) is 32.4 Å². The molecule has 2 aromatic heterocycles. The fourth-order valence-electron chi connectivity index (χ4n) is 2.84. The first-order valence-corrected chi connectivity index (χ1v) is 8.42. The van der Waals surface area contributed by atoms with Crippen molar-refractivity contribution in [3.63, 3.8) is 0 Å². The number of carbonyl (C=O) groups excluding carboxylic acids is 2. The Hall–Kier alpha value is -2.28. The van der Waals surface area contributed by atoms with Crippen molar-refractivity contribution in [1.82, 2.24) is 20.2 Å². The molecular weight excluding hydrogens is 312 g/mol. The number of rotatable bonds is 4. The van der Waals surface area contributed by atoms with E-state index in [1.54, 1.807) is 17.9 Å². The van der Waals surface area contributed by atoms with E-state index in [1.807, 2.05) is 17.0 Å². The number of likely N-dealkylation sites (tertiary alicyclic amines) is 1. The molecule has 2 amide bonds. The number of aromatic nitrogens is 2. The van der Waals surface area contributed by atoms with Crippen LogP contribution in [-0.4, -0.2) is 33.2 Å². The van der Waals surface area contributed by atoms with Crippen molar-refractivity contribution < 1.29 is 9.59 Å². The van der Waals surface area contributed by atoms with Crippen molar-refractivity contribution >= 4 is 23.2 Å². The second kappa shape index (κ2) is 6.87. The lowest BCUT2D eigenvalue weighted by atomic mass is 10.0. The fraction of sp³-hybridized carbons (Fsp3) is 0.375. The molecule has 1 aliphatic rings. The van der Waals surface area contributed by atoms with Crippen LogP contribution in [0.5, 0.6) is 0 Å². The van der Waals surface area contributed by atoms with Gasteiger partial charge in [-0.2, -0.15) is 0 Å². The van der Waals surface area contributed by atoms with Gasteiger partial charge in [0.15, 0.2) is 0 Å². The van der Waals surface area contributed by atoms with Gasteiger partial charge in [0.2, 0.25) is 5.91 Å². The smallest absolute Gasteiger partial charge is 0.266 e. The van der Waals surface area contributed by atoms with Crippen molar-refractivity contribution in [1.29, 1.82) is 0 Å². The monoisotopic (exact) mass is 330 g/mol. The van der Waals surface area contributed by atoms with Crippen LogP contribution in [-0.2, 0) is 11.3 Å². The van der Waals surface area contributed by atoms with Gasteiger partial charge in [-0.15, -0.1) is 11.3 Å². The van der Waals surface area contributed by atoms with E-state index < -0.39 is 0 Å². The summed E-state index contributed by atoms with van der Waals surface area (Å²) >= 11 is 1.37. The third kappa shape index (κ3) is 3.56. The lowest BCUT2D eigenvalue weighted by Gasteiger charge is -2.24. The van der Waals surface area contributed by atoms with E-state index in [0.717, 1.165) is 30.6 Å². The minimum Gasteiger partial charge on any atom is -0.351 e. The molecule has 1 saturated heterocycles. The van der Waals surface area contributed by atoms with E-state index in [1.165, 1.54) is 18.3 Å². The minimum atomic E-state index is -0.0833. The van der Waals surface area contributed by atoms with E-state index in [2.05, 4.69) is 15.3 Å². The summed E-state index contributed by atoms with van der Waals surface area (Å²) < 4.78 is 0. The standard InChI is InChI=1S/C16H18N4O2S/c1-11(21)19-8-13-7-12(4-5-18-13)14-3-2-6-20(14)16(22)15-9-17-10-23-15/h4-5,7,9-10,14H,2-3,6,8H2,1H3,(H,19,21)/t14-/m1/s1. The molecule has 0 spiro atoms. The molecule has 1 aliphatic heterocycles. The fourth-order valence-corrected chi connectivity index (χ4v) is 3.41. The van der Waals surface area contributed by atoms with Crippen LogP contribution < -0.4 is 5.32 Å². The van der Waals surface area contributed by atoms with E-state index in [-0.39, 0.29) is 17.9 Å². The Balaban J connectivity index is 1.78. The van der Waals surface area contributed by atoms with Gasteiger partial charge in [-0.3, -0.25) is 19.6 Å². The SMILES string of the molecule is CC(=O)NCc1cc([C@H]2CCCN2C(=O)c2cncs2)ccn1. The Kier molecular flexibility index (Phi) is 4.66. The quantitative estimate of drug-likeness (QED) is 0.932. The highest BCUT2D eigenvalue weighted by atomic mass is 32.1. The van der Waals surface area contributed by atoms with Gasteiger partial charge in [-0.1, -0.05) is 0 Å². The average molecular weight is 330 g/mol. The van der Waals surface area contributed by atoms with Gasteiger partial charge >= 0.3 is 0 Å². The molecule has 0 aliphatic carbocycles. The number of thiazole rings is 1. The molecule has 0 radical (unpaired) electrons. The van der Waals surface area contributed by atoms with E-state index in [9.17, 15) is 9.59 Å². The molecule has 120 valence electrons. The van der Waals surface area contributed by atoms with Gasteiger partial charge in [0.25, 0.3) is 5.91 Å². The summed E-state index contributed by atoms with van der Waals surface area (Å²) in [5.74, 6) is -0.0460. The number of amides is 2. The van der Waals surface area contributed by atoms with E-state index in [0.29, 0.717) is 11.4 Å². The van der Waals surface area contributed by atoms with Gasteiger partial charge in [0, 0.05) is 19.7 Å². The predicted molar refractivity (Wildman–Crippen MR) is 86.9 cm³/mol. The van der Waals surface area contributed by atoms with Gasteiger partial charge < -0.3 is 10.2 Å². The average Bonchev–Trinajstić information content (AvgIpc) is 3.23. The minimum absolute atomic E-state index is 0.0372. The summed E-state index contributed by atoms with van der Waals surface area (Å²) in [6.45, 7) is 2.64. The van der Waals surface area contributed by atoms with Gasteiger partial charge in [-0.05, 0) is 30.5 Å². The summed E-state index contributed by atoms with van der Waals surface area (Å²) in [7, 11) is 0. The van der Waals surface area contributed by atoms with Crippen molar-refractivity contribution in [3.05, 3.63) is 46.2 Å². The molecule has 1 atom stereocenters. The van der Waals surface area contributed by atoms with Crippen LogP contribution in [0.4, 0.5) is 0 Å². The maximum atomic E-state index is 12.6. The second-order valence-corrected chi connectivity index (χ2v) is 6.40. The molecule has 0 bridgehead atoms. The van der Waals surface area contributed by atoms with Crippen LogP contribution in [0.25, 0.3) is 0 Å². The molecule has 0 unspecified atom stereocenters. The van der Waals surface area contributed by atoms with Crippen LogP contribution >= 0.6 is 11.3 Å². The van der Waals surface area contributed by atoms with Crippen LogP contribution in [0.2, 0.25) is 0 Å². The number of carbonyl (C=O) groups is 2. The third-order valence-electron chi connectivity index (χ3n) is 3.90. The highest BCUT2D eigenvalue weighted by Gasteiger charge is 2.31. The summed E-state index contributed by atoms with van der Waals surface area (Å²) in [5.41, 5.74) is 3.54. The lowest BCUT2D eigenvalue weighted by Crippen LogP contribution is -2.30. The zero-order valence-electron chi connectivity index (χ0n) is 12.9. The highest BCUT2D eigenvalue weighted by Crippen LogP contribution is 2.33. The molecule has 1 N–H and O–H groups in total. The largest absolute Gasteiger partial charge is 0.351 e. The Morgan fingerprint density at radius 3 is 3.09 bits per heavy atom. The zero-order valence-corrected chi connectivity index (χ0v) is 13.7. The highest BCUT2D eigenvalue weighted by molar-refractivity contribution is 7.11. The normalized spacial score (nSPS) is 17.3. The number of hydrogen-bond donors (Lipinski definition) is 1. The Bertz CT molecular complexity index is 702. The first-order chi connectivity index (χ1) is 11.1. The Labute approximate surface area is 138 Å². The second-order valence-electron chi connectivity index (χ2n) is 5.51. The predicted octanol–water partition coefficient (Wildman–Crippen LogP) is 2.15. The molecule has 3 rings (SSSR count). The van der Waals surface area contributed by atoms with E-state index in [4.69, 9.17) is 0 Å². The number of pyridine rings is 1. The Morgan fingerprint density at radius 1 is 1.48 bits per heavy atom. The molecule has 0 aromatic carbocycles. The van der Waals surface area contributed by atoms with Gasteiger partial charge in [-0.25, -0.2) is 0 Å². The number of nitrogens with one attached hydrogen (secondary N) is 1. The molecular formula is C16H18N4O2S. The first kappa shape index (κ1) is 15.6. The summed E-state index contributed by atoms with van der Waals surface area (Å²) in [4.78, 5) is 34.5. The molecule has 1 fully saturated rings. The summed E-state index contributed by atoms with van der Waals surface area (Å²) in [5, 5.41) is 2.75. The third-order valence-corrected chi connectivity index (χ3v) is 4.66. The maximum absolute atomic E-state index is 12.6. The Morgan fingerprint density at radius 2 is 2.35 bits per heavy atom. The number of nitrogens with zero attached hydrogens (tertiary/aromatic N) is 3. The topological polar surface area (TPSA) is 75.2 Å². The molecule has 3 heterocycles. The zero-order chi connectivity index (χ0) is 16.2. The van der Waals surface area contributed by atoms with Gasteiger partial charge in [0.05, 0.1) is 30.0 Å². The summed E-state index contributed by atoms with van der Waals surface area (Å²) in [6.07, 6.45) is 5.28. The molecule has 23 heavy (non-hydrogen) atoms. The van der Waals surface area contributed by atoms with Gasteiger partial charge in [0.1, 0.15) is 4.88 Å².